The lowest BCUT2D eigenvalue weighted by Gasteiger charge is -2.47. The van der Waals surface area contributed by atoms with E-state index in [1.54, 1.807) is 18.3 Å². The number of fused-ring (bicyclic) bond motifs is 4. The van der Waals surface area contributed by atoms with Crippen molar-refractivity contribution in [2.75, 3.05) is 5.32 Å². The van der Waals surface area contributed by atoms with Crippen molar-refractivity contribution >= 4 is 45.9 Å². The maximum atomic E-state index is 15.9. The average molecular weight is 524 g/mol. The second kappa shape index (κ2) is 8.80. The Hall–Kier alpha value is -3.62. The molecule has 4 aromatic rings. The van der Waals surface area contributed by atoms with Gasteiger partial charge in [-0.15, -0.1) is 11.3 Å². The fraction of sp³-hybridized carbons (Fsp3) is 0.333. The number of aromatic nitrogens is 5. The van der Waals surface area contributed by atoms with Crippen LogP contribution in [0.1, 0.15) is 30.6 Å². The van der Waals surface area contributed by atoms with Crippen molar-refractivity contribution in [1.29, 1.82) is 5.26 Å². The SMILES string of the molecule is N#Cc1ccc(-c2nc(-c3c[nH]c4ncc(Cl)nc34)nc(N[C@@H]3C4CCC(CC4)[C@H]3C(=O)O)c2F)s1. The van der Waals surface area contributed by atoms with E-state index in [0.29, 0.717) is 26.5 Å². The van der Waals surface area contributed by atoms with Crippen molar-refractivity contribution in [2.24, 2.45) is 17.8 Å². The lowest BCUT2D eigenvalue weighted by atomic mass is 9.61. The Balaban J connectivity index is 1.50. The summed E-state index contributed by atoms with van der Waals surface area (Å²) in [6, 6.07) is 4.85. The number of anilines is 1. The first-order valence-corrected chi connectivity index (χ1v) is 12.7. The van der Waals surface area contributed by atoms with Crippen molar-refractivity contribution in [3.63, 3.8) is 0 Å². The Kier molecular flexibility index (Phi) is 5.58. The Morgan fingerprint density at radius 3 is 2.72 bits per heavy atom. The van der Waals surface area contributed by atoms with Crippen molar-refractivity contribution in [3.05, 3.63) is 40.4 Å². The quantitative estimate of drug-likeness (QED) is 0.328. The van der Waals surface area contributed by atoms with Crippen LogP contribution in [0.5, 0.6) is 0 Å². The molecule has 182 valence electrons. The number of H-pyrrole nitrogens is 1. The molecule has 3 aliphatic rings. The zero-order chi connectivity index (χ0) is 25.0. The van der Waals surface area contributed by atoms with Gasteiger partial charge in [0.2, 0.25) is 0 Å². The minimum absolute atomic E-state index is 0.0196. The molecule has 7 rings (SSSR count). The van der Waals surface area contributed by atoms with Gasteiger partial charge in [-0.25, -0.2) is 24.3 Å². The topological polar surface area (TPSA) is 140 Å². The highest BCUT2D eigenvalue weighted by atomic mass is 35.5. The van der Waals surface area contributed by atoms with Gasteiger partial charge in [-0.2, -0.15) is 5.26 Å². The summed E-state index contributed by atoms with van der Waals surface area (Å²) in [6.07, 6.45) is 6.55. The summed E-state index contributed by atoms with van der Waals surface area (Å²) in [7, 11) is 0. The number of carboxylic acid groups (broad SMARTS) is 1. The molecule has 4 aromatic heterocycles. The summed E-state index contributed by atoms with van der Waals surface area (Å²) in [6.45, 7) is 0. The van der Waals surface area contributed by atoms with Gasteiger partial charge < -0.3 is 15.4 Å². The predicted octanol–water partition coefficient (Wildman–Crippen LogP) is 5.11. The van der Waals surface area contributed by atoms with Crippen LogP contribution in [0.4, 0.5) is 10.2 Å². The number of aromatic amines is 1. The summed E-state index contributed by atoms with van der Waals surface area (Å²) in [4.78, 5) is 33.6. The first-order chi connectivity index (χ1) is 17.4. The average Bonchev–Trinajstić information content (AvgIpc) is 3.53. The molecule has 0 radical (unpaired) electrons. The van der Waals surface area contributed by atoms with Crippen molar-refractivity contribution in [2.45, 2.75) is 31.7 Å². The third kappa shape index (κ3) is 3.77. The summed E-state index contributed by atoms with van der Waals surface area (Å²) in [5.41, 5.74) is 1.39. The van der Waals surface area contributed by atoms with Crippen LogP contribution in [-0.4, -0.2) is 42.0 Å². The number of nitriles is 1. The molecule has 36 heavy (non-hydrogen) atoms. The monoisotopic (exact) mass is 523 g/mol. The van der Waals surface area contributed by atoms with Gasteiger partial charge in [0, 0.05) is 12.2 Å². The number of carboxylic acids is 1. The Morgan fingerprint density at radius 1 is 1.22 bits per heavy atom. The highest BCUT2D eigenvalue weighted by molar-refractivity contribution is 7.15. The van der Waals surface area contributed by atoms with Gasteiger partial charge in [-0.1, -0.05) is 11.6 Å². The van der Waals surface area contributed by atoms with Gasteiger partial charge in [-0.3, -0.25) is 4.79 Å². The molecule has 3 saturated carbocycles. The molecule has 4 heterocycles. The second-order valence-electron chi connectivity index (χ2n) is 9.14. The number of hydrogen-bond donors (Lipinski definition) is 3. The number of thiophene rings is 1. The number of aliphatic carboxylic acids is 1. The van der Waals surface area contributed by atoms with Crippen molar-refractivity contribution in [1.82, 2.24) is 24.9 Å². The fourth-order valence-corrected chi connectivity index (χ4v) is 6.48. The fourth-order valence-electron chi connectivity index (χ4n) is 5.56. The first-order valence-electron chi connectivity index (χ1n) is 11.5. The molecule has 0 aromatic carbocycles. The lowest BCUT2D eigenvalue weighted by molar-refractivity contribution is -0.148. The van der Waals surface area contributed by atoms with Gasteiger partial charge in [0.05, 0.1) is 22.6 Å². The first kappa shape index (κ1) is 22.8. The largest absolute Gasteiger partial charge is 0.481 e. The number of hydrogen-bond acceptors (Lipinski definition) is 8. The van der Waals surface area contributed by atoms with Crippen LogP contribution >= 0.6 is 22.9 Å². The van der Waals surface area contributed by atoms with Gasteiger partial charge in [0.15, 0.2) is 23.1 Å². The molecule has 2 atom stereocenters. The molecule has 0 unspecified atom stereocenters. The molecule has 9 nitrogen and oxygen atoms in total. The van der Waals surface area contributed by atoms with E-state index in [1.807, 2.05) is 0 Å². The number of rotatable bonds is 5. The number of nitrogens with zero attached hydrogens (tertiary/aromatic N) is 5. The molecular weight excluding hydrogens is 505 g/mol. The van der Waals surface area contributed by atoms with E-state index in [4.69, 9.17) is 11.6 Å². The van der Waals surface area contributed by atoms with Crippen LogP contribution in [0.25, 0.3) is 33.1 Å². The molecule has 0 amide bonds. The van der Waals surface area contributed by atoms with Crippen molar-refractivity contribution in [3.8, 4) is 28.0 Å². The van der Waals surface area contributed by atoms with E-state index in [2.05, 4.69) is 36.3 Å². The molecule has 0 saturated heterocycles. The van der Waals surface area contributed by atoms with E-state index >= 15 is 4.39 Å². The van der Waals surface area contributed by atoms with Gasteiger partial charge >= 0.3 is 5.97 Å². The molecule has 2 bridgehead atoms. The highest BCUT2D eigenvalue weighted by Crippen LogP contribution is 2.47. The van der Waals surface area contributed by atoms with Crippen molar-refractivity contribution < 1.29 is 14.3 Å². The summed E-state index contributed by atoms with van der Waals surface area (Å²) in [5, 5.41) is 22.6. The van der Waals surface area contributed by atoms with Gasteiger partial charge in [0.1, 0.15) is 27.3 Å². The maximum Gasteiger partial charge on any atom is 0.308 e. The molecule has 3 fully saturated rings. The van der Waals surface area contributed by atoms with Crippen LogP contribution in [0.2, 0.25) is 5.15 Å². The summed E-state index contributed by atoms with van der Waals surface area (Å²) < 4.78 is 15.9. The van der Waals surface area contributed by atoms with Crippen LogP contribution < -0.4 is 5.32 Å². The maximum absolute atomic E-state index is 15.9. The molecule has 0 aliphatic heterocycles. The van der Waals surface area contributed by atoms with E-state index in [-0.39, 0.29) is 34.3 Å². The van der Waals surface area contributed by atoms with E-state index < -0.39 is 23.7 Å². The summed E-state index contributed by atoms with van der Waals surface area (Å²) in [5.74, 6) is -1.93. The van der Waals surface area contributed by atoms with Crippen LogP contribution in [0.3, 0.4) is 0 Å². The normalized spacial score (nSPS) is 23.0. The predicted molar refractivity (Wildman–Crippen MR) is 132 cm³/mol. The molecule has 12 heteroatoms. The number of carbonyl (C=O) groups is 1. The smallest absolute Gasteiger partial charge is 0.308 e. The zero-order valence-corrected chi connectivity index (χ0v) is 20.3. The molecular formula is C24H19ClFN7O2S. The third-order valence-electron chi connectivity index (χ3n) is 7.20. The van der Waals surface area contributed by atoms with E-state index in [1.165, 1.54) is 6.20 Å². The minimum Gasteiger partial charge on any atom is -0.481 e. The lowest BCUT2D eigenvalue weighted by Crippen LogP contribution is -2.51. The Bertz CT molecular complexity index is 1540. The minimum atomic E-state index is -0.879. The molecule has 3 aliphatic carbocycles. The van der Waals surface area contributed by atoms with Gasteiger partial charge in [-0.05, 0) is 49.7 Å². The summed E-state index contributed by atoms with van der Waals surface area (Å²) >= 11 is 7.18. The number of halogens is 2. The molecule has 3 N–H and O–H groups in total. The van der Waals surface area contributed by atoms with E-state index in [9.17, 15) is 15.2 Å². The van der Waals surface area contributed by atoms with E-state index in [0.717, 1.165) is 37.0 Å². The Morgan fingerprint density at radius 2 is 2.00 bits per heavy atom. The van der Waals surface area contributed by atoms with Crippen LogP contribution in [-0.2, 0) is 4.79 Å². The Labute approximate surface area is 213 Å². The highest BCUT2D eigenvalue weighted by Gasteiger charge is 2.47. The number of nitrogens with one attached hydrogen (secondary N) is 2. The van der Waals surface area contributed by atoms with Crippen LogP contribution in [0, 0.1) is 34.9 Å². The molecule has 0 spiro atoms. The van der Waals surface area contributed by atoms with Gasteiger partial charge in [0.25, 0.3) is 0 Å². The second-order valence-corrected chi connectivity index (χ2v) is 10.6. The third-order valence-corrected chi connectivity index (χ3v) is 8.38. The standard InChI is InChI=1S/C24H19ClFN7O2S/c25-15-9-29-23-19(30-15)13(8-28-23)21-32-20(14-6-5-12(7-27)36-14)17(26)22(33-21)31-18-11-3-1-10(2-4-11)16(18)24(34)35/h5-6,8-11,16,18H,1-4H2,(H,28,29)(H,34,35)(H,31,32,33)/t10?,11?,16-,18-/m1/s1. The van der Waals surface area contributed by atoms with Crippen LogP contribution in [0.15, 0.2) is 24.5 Å². The zero-order valence-electron chi connectivity index (χ0n) is 18.7.